The molecule has 0 aliphatic rings. The molecule has 2 aromatic heterocycles. The predicted molar refractivity (Wildman–Crippen MR) is 80.6 cm³/mol. The highest BCUT2D eigenvalue weighted by molar-refractivity contribution is 7.09. The number of hydrogen-bond donors (Lipinski definition) is 2. The summed E-state index contributed by atoms with van der Waals surface area (Å²) in [6, 6.07) is 7.61. The van der Waals surface area contributed by atoms with E-state index in [1.807, 2.05) is 36.6 Å². The highest BCUT2D eigenvalue weighted by Gasteiger charge is 2.04. The number of amides is 1. The number of fused-ring (bicyclic) bond motifs is 1. The SMILES string of the molecule is Cc1nc(/C=C/C(=O)Nc2nc3ccccc3[nH]2)cs1. The van der Waals surface area contributed by atoms with Crippen LogP contribution in [-0.2, 0) is 4.79 Å². The molecule has 3 rings (SSSR count). The minimum atomic E-state index is -0.241. The highest BCUT2D eigenvalue weighted by Crippen LogP contribution is 2.13. The zero-order valence-electron chi connectivity index (χ0n) is 10.8. The average Bonchev–Trinajstić information content (AvgIpc) is 3.01. The number of nitrogens with one attached hydrogen (secondary N) is 2. The molecule has 0 unspecified atom stereocenters. The summed E-state index contributed by atoms with van der Waals surface area (Å²) in [5.41, 5.74) is 2.50. The van der Waals surface area contributed by atoms with E-state index < -0.39 is 0 Å². The van der Waals surface area contributed by atoms with Gasteiger partial charge in [0.15, 0.2) is 0 Å². The second-order valence-corrected chi connectivity index (χ2v) is 5.28. The maximum absolute atomic E-state index is 11.8. The van der Waals surface area contributed by atoms with Crippen molar-refractivity contribution >= 4 is 40.3 Å². The lowest BCUT2D eigenvalue weighted by Crippen LogP contribution is -2.08. The summed E-state index contributed by atoms with van der Waals surface area (Å²) in [6.07, 6.45) is 3.13. The summed E-state index contributed by atoms with van der Waals surface area (Å²) < 4.78 is 0. The van der Waals surface area contributed by atoms with Crippen LogP contribution in [0.3, 0.4) is 0 Å². The third kappa shape index (κ3) is 2.75. The fourth-order valence-corrected chi connectivity index (χ4v) is 2.37. The van der Waals surface area contributed by atoms with Crippen molar-refractivity contribution in [1.29, 1.82) is 0 Å². The molecular weight excluding hydrogens is 272 g/mol. The predicted octanol–water partition coefficient (Wildman–Crippen LogP) is 2.98. The van der Waals surface area contributed by atoms with Crippen LogP contribution in [0.1, 0.15) is 10.7 Å². The molecular formula is C14H12N4OS. The van der Waals surface area contributed by atoms with Crippen LogP contribution in [-0.4, -0.2) is 20.9 Å². The van der Waals surface area contributed by atoms with E-state index in [4.69, 9.17) is 0 Å². The van der Waals surface area contributed by atoms with Crippen LogP contribution in [0.4, 0.5) is 5.95 Å². The highest BCUT2D eigenvalue weighted by atomic mass is 32.1. The first-order valence-electron chi connectivity index (χ1n) is 6.07. The topological polar surface area (TPSA) is 70.7 Å². The van der Waals surface area contributed by atoms with E-state index >= 15 is 0 Å². The summed E-state index contributed by atoms with van der Waals surface area (Å²) in [7, 11) is 0. The molecule has 2 heterocycles. The monoisotopic (exact) mass is 284 g/mol. The molecule has 0 aliphatic carbocycles. The lowest BCUT2D eigenvalue weighted by Gasteiger charge is -1.94. The van der Waals surface area contributed by atoms with Crippen LogP contribution in [0, 0.1) is 6.92 Å². The summed E-state index contributed by atoms with van der Waals surface area (Å²) in [5, 5.41) is 5.57. The number of benzene rings is 1. The number of hydrogen-bond acceptors (Lipinski definition) is 4. The van der Waals surface area contributed by atoms with E-state index in [0.717, 1.165) is 21.7 Å². The van der Waals surface area contributed by atoms with Gasteiger partial charge >= 0.3 is 0 Å². The maximum atomic E-state index is 11.8. The van der Waals surface area contributed by atoms with Crippen molar-refractivity contribution in [3.63, 3.8) is 0 Å². The Labute approximate surface area is 119 Å². The second kappa shape index (κ2) is 5.26. The third-order valence-corrected chi connectivity index (χ3v) is 3.46. The molecule has 1 aromatic carbocycles. The van der Waals surface area contributed by atoms with Crippen LogP contribution in [0.2, 0.25) is 0 Å². The van der Waals surface area contributed by atoms with E-state index in [2.05, 4.69) is 20.3 Å². The first kappa shape index (κ1) is 12.6. The van der Waals surface area contributed by atoms with Crippen molar-refractivity contribution in [3.05, 3.63) is 46.4 Å². The van der Waals surface area contributed by atoms with Gasteiger partial charge in [-0.1, -0.05) is 12.1 Å². The van der Waals surface area contributed by atoms with Gasteiger partial charge in [-0.25, -0.2) is 9.97 Å². The van der Waals surface area contributed by atoms with Crippen LogP contribution < -0.4 is 5.32 Å². The Hall–Kier alpha value is -2.47. The molecule has 0 saturated heterocycles. The van der Waals surface area contributed by atoms with Gasteiger partial charge in [-0.15, -0.1) is 11.3 Å². The first-order chi connectivity index (χ1) is 9.70. The molecule has 0 fully saturated rings. The van der Waals surface area contributed by atoms with Crippen molar-refractivity contribution in [2.45, 2.75) is 6.92 Å². The van der Waals surface area contributed by atoms with E-state index in [1.54, 1.807) is 17.4 Å². The zero-order chi connectivity index (χ0) is 13.9. The van der Waals surface area contributed by atoms with E-state index in [0.29, 0.717) is 5.95 Å². The number of aryl methyl sites for hydroxylation is 1. The smallest absolute Gasteiger partial charge is 0.250 e. The summed E-state index contributed by atoms with van der Waals surface area (Å²) >= 11 is 1.55. The van der Waals surface area contributed by atoms with Crippen LogP contribution in [0.15, 0.2) is 35.7 Å². The molecule has 0 bridgehead atoms. The lowest BCUT2D eigenvalue weighted by molar-refractivity contribution is -0.111. The van der Waals surface area contributed by atoms with Crippen molar-refractivity contribution in [3.8, 4) is 0 Å². The number of carbonyl (C=O) groups excluding carboxylic acids is 1. The quantitative estimate of drug-likeness (QED) is 0.726. The van der Waals surface area contributed by atoms with Gasteiger partial charge in [0, 0.05) is 11.5 Å². The van der Waals surface area contributed by atoms with Gasteiger partial charge in [-0.3, -0.25) is 10.1 Å². The first-order valence-corrected chi connectivity index (χ1v) is 6.94. The Bertz CT molecular complexity index is 754. The molecule has 20 heavy (non-hydrogen) atoms. The number of aromatic nitrogens is 3. The Morgan fingerprint density at radius 3 is 2.95 bits per heavy atom. The number of nitrogens with zero attached hydrogens (tertiary/aromatic N) is 2. The van der Waals surface area contributed by atoms with E-state index in [-0.39, 0.29) is 5.91 Å². The molecule has 5 nitrogen and oxygen atoms in total. The molecule has 0 atom stereocenters. The van der Waals surface area contributed by atoms with Gasteiger partial charge < -0.3 is 4.98 Å². The van der Waals surface area contributed by atoms with Crippen LogP contribution in [0.5, 0.6) is 0 Å². The number of H-pyrrole nitrogens is 1. The number of thiazole rings is 1. The Kier molecular flexibility index (Phi) is 3.30. The van der Waals surface area contributed by atoms with Crippen LogP contribution >= 0.6 is 11.3 Å². The maximum Gasteiger partial charge on any atom is 0.250 e. The van der Waals surface area contributed by atoms with Gasteiger partial charge in [0.1, 0.15) is 0 Å². The fraction of sp³-hybridized carbons (Fsp3) is 0.0714. The molecule has 0 spiro atoms. The molecule has 0 saturated carbocycles. The molecule has 2 N–H and O–H groups in total. The number of imidazole rings is 1. The van der Waals surface area contributed by atoms with Crippen LogP contribution in [0.25, 0.3) is 17.1 Å². The number of rotatable bonds is 3. The van der Waals surface area contributed by atoms with E-state index in [1.165, 1.54) is 6.08 Å². The third-order valence-electron chi connectivity index (χ3n) is 2.67. The second-order valence-electron chi connectivity index (χ2n) is 4.22. The van der Waals surface area contributed by atoms with Crippen molar-refractivity contribution in [2.75, 3.05) is 5.32 Å². The zero-order valence-corrected chi connectivity index (χ0v) is 11.6. The standard InChI is InChI=1S/C14H12N4OS/c1-9-15-10(8-20-9)6-7-13(19)18-14-16-11-4-2-3-5-12(11)17-14/h2-8H,1H3,(H2,16,17,18,19)/b7-6+. The number of carbonyl (C=O) groups is 1. The Morgan fingerprint density at radius 1 is 1.35 bits per heavy atom. The van der Waals surface area contributed by atoms with Gasteiger partial charge in [0.05, 0.1) is 21.7 Å². The average molecular weight is 284 g/mol. The number of aromatic amines is 1. The minimum Gasteiger partial charge on any atom is -0.324 e. The molecule has 1 amide bonds. The van der Waals surface area contributed by atoms with Gasteiger partial charge in [0.25, 0.3) is 5.91 Å². The fourth-order valence-electron chi connectivity index (χ4n) is 1.79. The summed E-state index contributed by atoms with van der Waals surface area (Å²) in [5.74, 6) is 0.199. The largest absolute Gasteiger partial charge is 0.324 e. The molecule has 6 heteroatoms. The van der Waals surface area contributed by atoms with Crippen molar-refractivity contribution in [1.82, 2.24) is 15.0 Å². The lowest BCUT2D eigenvalue weighted by atomic mass is 10.3. The number of para-hydroxylation sites is 2. The molecule has 100 valence electrons. The molecule has 0 aliphatic heterocycles. The van der Waals surface area contributed by atoms with Crippen molar-refractivity contribution < 1.29 is 4.79 Å². The van der Waals surface area contributed by atoms with Gasteiger partial charge in [0.2, 0.25) is 5.95 Å². The Balaban J connectivity index is 1.70. The van der Waals surface area contributed by atoms with Crippen molar-refractivity contribution in [2.24, 2.45) is 0 Å². The summed E-state index contributed by atoms with van der Waals surface area (Å²) in [6.45, 7) is 1.93. The Morgan fingerprint density at radius 2 is 2.20 bits per heavy atom. The molecule has 3 aromatic rings. The van der Waals surface area contributed by atoms with E-state index in [9.17, 15) is 4.79 Å². The normalized spacial score (nSPS) is 11.2. The minimum absolute atomic E-state index is 0.241. The van der Waals surface area contributed by atoms with Gasteiger partial charge in [-0.2, -0.15) is 0 Å². The summed E-state index contributed by atoms with van der Waals surface area (Å²) in [4.78, 5) is 23.4. The molecule has 0 radical (unpaired) electrons. The number of anilines is 1. The van der Waals surface area contributed by atoms with Gasteiger partial charge in [-0.05, 0) is 25.1 Å².